The lowest BCUT2D eigenvalue weighted by Gasteiger charge is -2.09. The van der Waals surface area contributed by atoms with Crippen LogP contribution in [0, 0.1) is 6.92 Å². The van der Waals surface area contributed by atoms with Crippen molar-refractivity contribution in [1.82, 2.24) is 20.1 Å². The second-order valence-corrected chi connectivity index (χ2v) is 4.54. The van der Waals surface area contributed by atoms with Crippen LogP contribution in [0.5, 0.6) is 0 Å². The molecule has 0 saturated carbocycles. The highest BCUT2D eigenvalue weighted by molar-refractivity contribution is 5.76. The Kier molecular flexibility index (Phi) is 4.97. The van der Waals surface area contributed by atoms with Gasteiger partial charge in [-0.2, -0.15) is 4.98 Å². The highest BCUT2D eigenvalue weighted by Gasteiger charge is 2.27. The predicted molar refractivity (Wildman–Crippen MR) is 74.3 cm³/mol. The van der Waals surface area contributed by atoms with E-state index in [9.17, 15) is 4.79 Å². The number of aryl methyl sites for hydroxylation is 1. The van der Waals surface area contributed by atoms with Gasteiger partial charge in [0.05, 0.1) is 6.61 Å². The molecule has 0 aliphatic rings. The van der Waals surface area contributed by atoms with Gasteiger partial charge in [-0.1, -0.05) is 18.5 Å². The molecule has 0 spiro atoms. The number of carbonyl (C=O) groups is 1. The molecule has 2 aromatic heterocycles. The van der Waals surface area contributed by atoms with Gasteiger partial charge in [0, 0.05) is 6.20 Å². The Labute approximate surface area is 122 Å². The molecule has 7 nitrogen and oxygen atoms in total. The first-order valence-corrected chi connectivity index (χ1v) is 6.96. The molecule has 0 amide bonds. The molecule has 0 bridgehead atoms. The summed E-state index contributed by atoms with van der Waals surface area (Å²) in [5, 5.41) is 3.89. The summed E-state index contributed by atoms with van der Waals surface area (Å²) in [7, 11) is 0. The van der Waals surface area contributed by atoms with E-state index in [1.807, 2.05) is 6.92 Å². The summed E-state index contributed by atoms with van der Waals surface area (Å²) >= 11 is 0. The van der Waals surface area contributed by atoms with E-state index in [2.05, 4.69) is 20.1 Å². The molecular weight excluding hydrogens is 272 g/mol. The summed E-state index contributed by atoms with van der Waals surface area (Å²) in [6, 6.07) is 1.70. The normalized spacial score (nSPS) is 12.1. The van der Waals surface area contributed by atoms with E-state index in [4.69, 9.17) is 9.26 Å². The number of ether oxygens (including phenoxy) is 1. The first-order valence-electron chi connectivity index (χ1n) is 6.96. The highest BCUT2D eigenvalue weighted by Crippen LogP contribution is 2.23. The summed E-state index contributed by atoms with van der Waals surface area (Å²) < 4.78 is 10.3. The Balaban J connectivity index is 2.26. The third-order valence-corrected chi connectivity index (χ3v) is 2.89. The molecule has 2 aromatic rings. The molecule has 0 N–H and O–H groups in total. The Hall–Kier alpha value is -2.31. The second kappa shape index (κ2) is 6.92. The zero-order valence-corrected chi connectivity index (χ0v) is 12.4. The minimum atomic E-state index is -0.529. The van der Waals surface area contributed by atoms with Crippen LogP contribution in [0.25, 0.3) is 11.5 Å². The molecule has 2 rings (SSSR count). The van der Waals surface area contributed by atoms with Gasteiger partial charge in [0.25, 0.3) is 0 Å². The molecule has 21 heavy (non-hydrogen) atoms. The van der Waals surface area contributed by atoms with Crippen molar-refractivity contribution in [1.29, 1.82) is 0 Å². The molecule has 0 fully saturated rings. The van der Waals surface area contributed by atoms with Gasteiger partial charge in [0.15, 0.2) is 0 Å². The maximum atomic E-state index is 12.0. The van der Waals surface area contributed by atoms with Crippen molar-refractivity contribution in [3.8, 4) is 11.5 Å². The van der Waals surface area contributed by atoms with Gasteiger partial charge in [-0.25, -0.2) is 9.97 Å². The number of hydrogen-bond donors (Lipinski definition) is 0. The largest absolute Gasteiger partial charge is 0.465 e. The van der Waals surface area contributed by atoms with E-state index in [1.165, 1.54) is 0 Å². The van der Waals surface area contributed by atoms with Gasteiger partial charge in [-0.3, -0.25) is 4.79 Å². The number of carbonyl (C=O) groups excluding carboxylic acids is 1. The van der Waals surface area contributed by atoms with Crippen LogP contribution in [-0.2, 0) is 9.53 Å². The lowest BCUT2D eigenvalue weighted by Crippen LogP contribution is -2.16. The second-order valence-electron chi connectivity index (χ2n) is 4.54. The molecule has 0 aromatic carbocycles. The van der Waals surface area contributed by atoms with Crippen LogP contribution in [-0.4, -0.2) is 32.7 Å². The zero-order chi connectivity index (χ0) is 15.2. The van der Waals surface area contributed by atoms with E-state index >= 15 is 0 Å². The maximum Gasteiger partial charge on any atom is 0.318 e. The van der Waals surface area contributed by atoms with Crippen LogP contribution >= 0.6 is 0 Å². The first kappa shape index (κ1) is 15.1. The number of hydrogen-bond acceptors (Lipinski definition) is 7. The maximum absolute atomic E-state index is 12.0. The predicted octanol–water partition coefficient (Wildman–Crippen LogP) is 2.28. The number of rotatable bonds is 6. The van der Waals surface area contributed by atoms with E-state index in [0.717, 1.165) is 6.42 Å². The van der Waals surface area contributed by atoms with Gasteiger partial charge in [0.2, 0.25) is 11.7 Å². The van der Waals surface area contributed by atoms with E-state index in [0.29, 0.717) is 30.4 Å². The van der Waals surface area contributed by atoms with Crippen molar-refractivity contribution in [2.45, 2.75) is 39.5 Å². The standard InChI is InChI=1S/C14H18N4O3/c1-4-6-10(14(19)20-5-2)13-17-12(18-21-13)11-7-8-15-9(3)16-11/h7-8,10H,4-6H2,1-3H3. The fourth-order valence-corrected chi connectivity index (χ4v) is 1.94. The molecule has 2 heterocycles. The van der Waals surface area contributed by atoms with Gasteiger partial charge >= 0.3 is 5.97 Å². The summed E-state index contributed by atoms with van der Waals surface area (Å²) in [6.45, 7) is 5.86. The minimum Gasteiger partial charge on any atom is -0.465 e. The molecule has 7 heteroatoms. The van der Waals surface area contributed by atoms with E-state index < -0.39 is 5.92 Å². The molecular formula is C14H18N4O3. The van der Waals surface area contributed by atoms with Crippen molar-refractivity contribution >= 4 is 5.97 Å². The molecule has 1 atom stereocenters. The van der Waals surface area contributed by atoms with Crippen molar-refractivity contribution in [2.75, 3.05) is 6.61 Å². The van der Waals surface area contributed by atoms with Crippen molar-refractivity contribution in [3.05, 3.63) is 24.0 Å². The van der Waals surface area contributed by atoms with E-state index in [-0.39, 0.29) is 11.9 Å². The number of nitrogens with zero attached hydrogens (tertiary/aromatic N) is 4. The fourth-order valence-electron chi connectivity index (χ4n) is 1.94. The topological polar surface area (TPSA) is 91.0 Å². The van der Waals surface area contributed by atoms with Crippen molar-refractivity contribution < 1.29 is 14.1 Å². The molecule has 0 aliphatic heterocycles. The first-order chi connectivity index (χ1) is 10.2. The quantitative estimate of drug-likeness (QED) is 0.753. The molecule has 0 radical (unpaired) electrons. The van der Waals surface area contributed by atoms with Crippen LogP contribution in [0.4, 0.5) is 0 Å². The lowest BCUT2D eigenvalue weighted by atomic mass is 10.0. The van der Waals surface area contributed by atoms with Crippen molar-refractivity contribution in [3.63, 3.8) is 0 Å². The minimum absolute atomic E-state index is 0.265. The SMILES string of the molecule is CCCC(C(=O)OCC)c1nc(-c2ccnc(C)n2)no1. The lowest BCUT2D eigenvalue weighted by molar-refractivity contribution is -0.145. The Morgan fingerprint density at radius 2 is 2.19 bits per heavy atom. The van der Waals surface area contributed by atoms with Gasteiger partial charge < -0.3 is 9.26 Å². The molecule has 1 unspecified atom stereocenters. The highest BCUT2D eigenvalue weighted by atomic mass is 16.5. The third kappa shape index (κ3) is 3.62. The third-order valence-electron chi connectivity index (χ3n) is 2.89. The molecule has 112 valence electrons. The summed E-state index contributed by atoms with van der Waals surface area (Å²) in [6.07, 6.45) is 3.04. The van der Waals surface area contributed by atoms with Gasteiger partial charge in [-0.15, -0.1) is 0 Å². The van der Waals surface area contributed by atoms with Crippen LogP contribution in [0.1, 0.15) is 44.3 Å². The van der Waals surface area contributed by atoms with Gasteiger partial charge in [0.1, 0.15) is 17.4 Å². The average Bonchev–Trinajstić information content (AvgIpc) is 2.94. The van der Waals surface area contributed by atoms with Crippen LogP contribution in [0.3, 0.4) is 0 Å². The summed E-state index contributed by atoms with van der Waals surface area (Å²) in [4.78, 5) is 24.5. The Morgan fingerprint density at radius 3 is 2.86 bits per heavy atom. The average molecular weight is 290 g/mol. The smallest absolute Gasteiger partial charge is 0.318 e. The Bertz CT molecular complexity index is 612. The summed E-state index contributed by atoms with van der Waals surface area (Å²) in [5.41, 5.74) is 0.566. The fraction of sp³-hybridized carbons (Fsp3) is 0.500. The number of aromatic nitrogens is 4. The van der Waals surface area contributed by atoms with Crippen LogP contribution in [0.2, 0.25) is 0 Å². The van der Waals surface area contributed by atoms with Gasteiger partial charge in [-0.05, 0) is 26.3 Å². The summed E-state index contributed by atoms with van der Waals surface area (Å²) in [5.74, 6) is 0.365. The van der Waals surface area contributed by atoms with Crippen LogP contribution in [0.15, 0.2) is 16.8 Å². The van der Waals surface area contributed by atoms with E-state index in [1.54, 1.807) is 26.1 Å². The Morgan fingerprint density at radius 1 is 1.38 bits per heavy atom. The zero-order valence-electron chi connectivity index (χ0n) is 12.4. The van der Waals surface area contributed by atoms with Crippen LogP contribution < -0.4 is 0 Å². The number of esters is 1. The molecule has 0 saturated heterocycles. The van der Waals surface area contributed by atoms with Crippen molar-refractivity contribution in [2.24, 2.45) is 0 Å². The molecule has 0 aliphatic carbocycles. The monoisotopic (exact) mass is 290 g/mol.